The minimum Gasteiger partial charge on any atom is -0.309 e. The molecule has 11 rings (SSSR count). The molecule has 0 atom stereocenters. The molecule has 54 heavy (non-hydrogen) atoms. The zero-order valence-corrected chi connectivity index (χ0v) is 30.0. The quantitative estimate of drug-likeness (QED) is 0.173. The molecule has 0 fully saturated rings. The molecule has 2 aromatic heterocycles. The Morgan fingerprint density at radius 2 is 0.981 bits per heavy atom. The molecule has 10 aromatic rings. The van der Waals surface area contributed by atoms with Gasteiger partial charge < -0.3 is 4.57 Å². The first-order valence-electron chi connectivity index (χ1n) is 18.5. The zero-order chi connectivity index (χ0) is 36.0. The number of rotatable bonds is 4. The van der Waals surface area contributed by atoms with Crippen molar-refractivity contribution < 1.29 is 0 Å². The van der Waals surface area contributed by atoms with Gasteiger partial charge >= 0.3 is 0 Å². The fourth-order valence-corrected chi connectivity index (χ4v) is 8.69. The monoisotopic (exact) mass is 690 g/mol. The normalized spacial score (nSPS) is 13.1. The first kappa shape index (κ1) is 30.7. The SMILES string of the molecule is CC1(C)c2ccccc2-c2cc3c4ccccc4n(-c4ccc(-c5nc(-c6ccccc6)nc(-c6ccc7ccc8ccccc8c7c6)n5)cc4)c3cc21. The van der Waals surface area contributed by atoms with E-state index >= 15 is 0 Å². The van der Waals surface area contributed by atoms with Crippen LogP contribution in [0.25, 0.3) is 94.3 Å². The molecule has 0 aliphatic heterocycles. The minimum atomic E-state index is -0.0871. The summed E-state index contributed by atoms with van der Waals surface area (Å²) in [6, 6.07) is 60.7. The van der Waals surface area contributed by atoms with E-state index in [1.807, 2.05) is 18.2 Å². The molecule has 1 aliphatic carbocycles. The molecule has 0 amide bonds. The van der Waals surface area contributed by atoms with Crippen molar-refractivity contribution in [2.24, 2.45) is 0 Å². The Kier molecular flexibility index (Phi) is 6.56. The molecule has 8 aromatic carbocycles. The first-order chi connectivity index (χ1) is 26.5. The van der Waals surface area contributed by atoms with Crippen molar-refractivity contribution in [3.63, 3.8) is 0 Å². The molecule has 0 saturated carbocycles. The van der Waals surface area contributed by atoms with Crippen LogP contribution in [-0.2, 0) is 5.41 Å². The lowest BCUT2D eigenvalue weighted by molar-refractivity contribution is 0.661. The van der Waals surface area contributed by atoms with Crippen molar-refractivity contribution in [2.45, 2.75) is 19.3 Å². The second-order valence-corrected chi connectivity index (χ2v) is 14.9. The topological polar surface area (TPSA) is 43.6 Å². The van der Waals surface area contributed by atoms with E-state index in [2.05, 4.69) is 170 Å². The number of nitrogens with zero attached hydrogens (tertiary/aromatic N) is 4. The highest BCUT2D eigenvalue weighted by molar-refractivity contribution is 6.12. The van der Waals surface area contributed by atoms with Crippen molar-refractivity contribution in [1.29, 1.82) is 0 Å². The van der Waals surface area contributed by atoms with Crippen molar-refractivity contribution in [2.75, 3.05) is 0 Å². The lowest BCUT2D eigenvalue weighted by atomic mass is 9.82. The van der Waals surface area contributed by atoms with Crippen molar-refractivity contribution in [3.8, 4) is 51.0 Å². The maximum Gasteiger partial charge on any atom is 0.164 e. The van der Waals surface area contributed by atoms with Crippen LogP contribution in [0.1, 0.15) is 25.0 Å². The maximum atomic E-state index is 5.12. The molecule has 4 heteroatoms. The fourth-order valence-electron chi connectivity index (χ4n) is 8.69. The van der Waals surface area contributed by atoms with E-state index < -0.39 is 0 Å². The van der Waals surface area contributed by atoms with Crippen LogP contribution in [-0.4, -0.2) is 19.5 Å². The van der Waals surface area contributed by atoms with Gasteiger partial charge in [0.15, 0.2) is 17.5 Å². The molecular weight excluding hydrogens is 657 g/mol. The molecular formula is C50H34N4. The molecule has 254 valence electrons. The standard InChI is InChI=1S/C50H34N4/c1-50(2)43-18-10-8-16-38(43)41-29-42-39-17-9-11-19-45(39)54(46(42)30-44(41)50)36-26-24-34(25-27-36)48-51-47(33-13-4-3-5-14-33)52-49(53-48)35-23-22-32-21-20-31-12-6-7-15-37(31)40(32)28-35/h3-30H,1-2H3. The maximum absolute atomic E-state index is 5.12. The Morgan fingerprint density at radius 1 is 0.389 bits per heavy atom. The summed E-state index contributed by atoms with van der Waals surface area (Å²) in [6.07, 6.45) is 0. The molecule has 0 unspecified atom stereocenters. The predicted molar refractivity (Wildman–Crippen MR) is 223 cm³/mol. The largest absolute Gasteiger partial charge is 0.309 e. The fraction of sp³-hybridized carbons (Fsp3) is 0.0600. The van der Waals surface area contributed by atoms with Crippen molar-refractivity contribution in [1.82, 2.24) is 19.5 Å². The van der Waals surface area contributed by atoms with Crippen LogP contribution < -0.4 is 0 Å². The van der Waals surface area contributed by atoms with E-state index in [0.717, 1.165) is 22.4 Å². The summed E-state index contributed by atoms with van der Waals surface area (Å²) in [4.78, 5) is 15.2. The first-order valence-corrected chi connectivity index (χ1v) is 18.5. The number of hydrogen-bond donors (Lipinski definition) is 0. The summed E-state index contributed by atoms with van der Waals surface area (Å²) in [5.41, 5.74) is 11.7. The summed E-state index contributed by atoms with van der Waals surface area (Å²) in [5, 5.41) is 7.31. The third-order valence-electron chi connectivity index (χ3n) is 11.4. The highest BCUT2D eigenvalue weighted by Gasteiger charge is 2.36. The van der Waals surface area contributed by atoms with Gasteiger partial charge in [0.2, 0.25) is 0 Å². The van der Waals surface area contributed by atoms with E-state index in [4.69, 9.17) is 15.0 Å². The highest BCUT2D eigenvalue weighted by atomic mass is 15.0. The highest BCUT2D eigenvalue weighted by Crippen LogP contribution is 2.51. The van der Waals surface area contributed by atoms with E-state index in [1.54, 1.807) is 0 Å². The summed E-state index contributed by atoms with van der Waals surface area (Å²) >= 11 is 0. The zero-order valence-electron chi connectivity index (χ0n) is 30.0. The Bertz CT molecular complexity index is 3120. The number of para-hydroxylation sites is 1. The summed E-state index contributed by atoms with van der Waals surface area (Å²) in [7, 11) is 0. The molecule has 4 nitrogen and oxygen atoms in total. The van der Waals surface area contributed by atoms with Gasteiger partial charge in [-0.2, -0.15) is 0 Å². The number of aromatic nitrogens is 4. The Balaban J connectivity index is 1.06. The van der Waals surface area contributed by atoms with E-state index in [1.165, 1.54) is 65.6 Å². The Labute approximate surface area is 313 Å². The molecule has 2 heterocycles. The third kappa shape index (κ3) is 4.60. The van der Waals surface area contributed by atoms with Crippen molar-refractivity contribution in [3.05, 3.63) is 181 Å². The molecule has 0 saturated heterocycles. The van der Waals surface area contributed by atoms with E-state index in [0.29, 0.717) is 17.5 Å². The lowest BCUT2D eigenvalue weighted by Gasteiger charge is -2.21. The van der Waals surface area contributed by atoms with Gasteiger partial charge in [0, 0.05) is 38.6 Å². The predicted octanol–water partition coefficient (Wildman–Crippen LogP) is 12.6. The third-order valence-corrected chi connectivity index (χ3v) is 11.4. The smallest absolute Gasteiger partial charge is 0.164 e. The van der Waals surface area contributed by atoms with Gasteiger partial charge in [-0.1, -0.05) is 135 Å². The van der Waals surface area contributed by atoms with Crippen LogP contribution in [0.4, 0.5) is 0 Å². The summed E-state index contributed by atoms with van der Waals surface area (Å²) < 4.78 is 2.40. The lowest BCUT2D eigenvalue weighted by Crippen LogP contribution is -2.14. The van der Waals surface area contributed by atoms with Crippen LogP contribution in [0.15, 0.2) is 170 Å². The van der Waals surface area contributed by atoms with Gasteiger partial charge in [-0.25, -0.2) is 15.0 Å². The Morgan fingerprint density at radius 3 is 1.78 bits per heavy atom. The molecule has 0 bridgehead atoms. The van der Waals surface area contributed by atoms with Crippen LogP contribution in [0.3, 0.4) is 0 Å². The molecule has 1 aliphatic rings. The second-order valence-electron chi connectivity index (χ2n) is 14.9. The second kappa shape index (κ2) is 11.5. The van der Waals surface area contributed by atoms with E-state index in [-0.39, 0.29) is 5.41 Å². The van der Waals surface area contributed by atoms with Gasteiger partial charge in [0.1, 0.15) is 0 Å². The van der Waals surface area contributed by atoms with Gasteiger partial charge in [-0.3, -0.25) is 0 Å². The van der Waals surface area contributed by atoms with Crippen LogP contribution >= 0.6 is 0 Å². The van der Waals surface area contributed by atoms with Crippen LogP contribution in [0.5, 0.6) is 0 Å². The average Bonchev–Trinajstić information content (AvgIpc) is 3.67. The Hall–Kier alpha value is -6.91. The van der Waals surface area contributed by atoms with Gasteiger partial charge in [0.05, 0.1) is 11.0 Å². The summed E-state index contributed by atoms with van der Waals surface area (Å²) in [6.45, 7) is 4.69. The van der Waals surface area contributed by atoms with Gasteiger partial charge in [0.25, 0.3) is 0 Å². The molecule has 0 N–H and O–H groups in total. The average molecular weight is 691 g/mol. The van der Waals surface area contributed by atoms with Crippen molar-refractivity contribution >= 4 is 43.4 Å². The molecule has 0 spiro atoms. The number of benzene rings is 8. The minimum absolute atomic E-state index is 0.0871. The van der Waals surface area contributed by atoms with E-state index in [9.17, 15) is 0 Å². The van der Waals surface area contributed by atoms with Gasteiger partial charge in [-0.15, -0.1) is 0 Å². The molecule has 0 radical (unpaired) electrons. The number of hydrogen-bond acceptors (Lipinski definition) is 3. The van der Waals surface area contributed by atoms with Gasteiger partial charge in [-0.05, 0) is 92.3 Å². The summed E-state index contributed by atoms with van der Waals surface area (Å²) in [5.74, 6) is 1.94. The number of fused-ring (bicyclic) bond motifs is 9. The van der Waals surface area contributed by atoms with Crippen LogP contribution in [0.2, 0.25) is 0 Å². The van der Waals surface area contributed by atoms with Crippen LogP contribution in [0, 0.1) is 0 Å².